The summed E-state index contributed by atoms with van der Waals surface area (Å²) in [6, 6.07) is 7.67. The smallest absolute Gasteiger partial charge is 0.224 e. The van der Waals surface area contributed by atoms with Crippen LogP contribution in [-0.4, -0.2) is 30.0 Å². The Hall–Kier alpha value is -2.50. The second-order valence-corrected chi connectivity index (χ2v) is 4.81. The molecule has 2 rings (SSSR count). The summed E-state index contributed by atoms with van der Waals surface area (Å²) in [5.74, 6) is 0.870. The highest BCUT2D eigenvalue weighted by Crippen LogP contribution is 2.06. The predicted molar refractivity (Wildman–Crippen MR) is 78.3 cm³/mol. The molecular formula is C15H17FN4O. The van der Waals surface area contributed by atoms with Gasteiger partial charge in [0.25, 0.3) is 0 Å². The third kappa shape index (κ3) is 4.52. The Morgan fingerprint density at radius 1 is 1.24 bits per heavy atom. The lowest BCUT2D eigenvalue weighted by molar-refractivity contribution is -0.120. The van der Waals surface area contributed by atoms with Crippen LogP contribution >= 0.6 is 0 Å². The van der Waals surface area contributed by atoms with Gasteiger partial charge in [0.2, 0.25) is 5.91 Å². The number of nitrogens with zero attached hydrogens (tertiary/aromatic N) is 3. The summed E-state index contributed by atoms with van der Waals surface area (Å²) >= 11 is 0. The highest BCUT2D eigenvalue weighted by atomic mass is 19.1. The van der Waals surface area contributed by atoms with Gasteiger partial charge in [-0.05, 0) is 23.8 Å². The quantitative estimate of drug-likeness (QED) is 0.906. The monoisotopic (exact) mass is 288 g/mol. The van der Waals surface area contributed by atoms with Gasteiger partial charge < -0.3 is 10.2 Å². The van der Waals surface area contributed by atoms with E-state index in [0.29, 0.717) is 5.82 Å². The lowest BCUT2D eigenvalue weighted by Gasteiger charge is -2.11. The summed E-state index contributed by atoms with van der Waals surface area (Å²) in [5, 5.41) is 2.75. The molecule has 1 heterocycles. The minimum Gasteiger partial charge on any atom is -0.363 e. The van der Waals surface area contributed by atoms with Gasteiger partial charge in [0.1, 0.15) is 17.5 Å². The van der Waals surface area contributed by atoms with Crippen LogP contribution in [0.25, 0.3) is 0 Å². The SMILES string of the molecule is CN(C)c1ccnc(CNC(=O)Cc2ccc(F)cc2)n1. The van der Waals surface area contributed by atoms with Crippen LogP contribution in [0.1, 0.15) is 11.4 Å². The first kappa shape index (κ1) is 14.9. The highest BCUT2D eigenvalue weighted by molar-refractivity contribution is 5.78. The Balaban J connectivity index is 1.89. The Morgan fingerprint density at radius 3 is 2.62 bits per heavy atom. The maximum atomic E-state index is 12.8. The number of carbonyl (C=O) groups excluding carboxylic acids is 1. The second-order valence-electron chi connectivity index (χ2n) is 4.81. The first-order valence-corrected chi connectivity index (χ1v) is 6.55. The molecule has 0 fully saturated rings. The molecule has 1 aromatic heterocycles. The molecule has 0 saturated carbocycles. The molecule has 2 aromatic rings. The number of nitrogens with one attached hydrogen (secondary N) is 1. The lowest BCUT2D eigenvalue weighted by Crippen LogP contribution is -2.26. The standard InChI is InChI=1S/C15H17FN4O/c1-20(2)14-7-8-17-13(19-14)10-18-15(21)9-11-3-5-12(16)6-4-11/h3-8H,9-10H2,1-2H3,(H,18,21). The molecule has 0 unspecified atom stereocenters. The molecule has 110 valence electrons. The predicted octanol–water partition coefficient (Wildman–Crippen LogP) is 1.54. The number of aromatic nitrogens is 2. The second kappa shape index (κ2) is 6.78. The molecule has 0 atom stereocenters. The molecular weight excluding hydrogens is 271 g/mol. The Bertz CT molecular complexity index is 613. The van der Waals surface area contributed by atoms with Crippen molar-refractivity contribution >= 4 is 11.7 Å². The number of hydrogen-bond donors (Lipinski definition) is 1. The molecule has 0 radical (unpaired) electrons. The number of carbonyl (C=O) groups is 1. The van der Waals surface area contributed by atoms with Crippen molar-refractivity contribution in [2.24, 2.45) is 0 Å². The number of halogens is 1. The zero-order valence-corrected chi connectivity index (χ0v) is 12.0. The van der Waals surface area contributed by atoms with Crippen molar-refractivity contribution in [3.8, 4) is 0 Å². The van der Waals surface area contributed by atoms with Crippen LogP contribution in [0.5, 0.6) is 0 Å². The summed E-state index contributed by atoms with van der Waals surface area (Å²) in [6.45, 7) is 0.266. The van der Waals surface area contributed by atoms with Gasteiger partial charge in [0, 0.05) is 20.3 Å². The van der Waals surface area contributed by atoms with Gasteiger partial charge in [0.05, 0.1) is 13.0 Å². The maximum absolute atomic E-state index is 12.8. The number of anilines is 1. The van der Waals surface area contributed by atoms with E-state index in [9.17, 15) is 9.18 Å². The first-order valence-electron chi connectivity index (χ1n) is 6.55. The molecule has 0 spiro atoms. The third-order valence-corrected chi connectivity index (χ3v) is 2.87. The van der Waals surface area contributed by atoms with Crippen LogP contribution in [0.4, 0.5) is 10.2 Å². The van der Waals surface area contributed by atoms with Crippen molar-refractivity contribution in [1.29, 1.82) is 0 Å². The van der Waals surface area contributed by atoms with Gasteiger partial charge in [-0.1, -0.05) is 12.1 Å². The van der Waals surface area contributed by atoms with Crippen LogP contribution in [0.15, 0.2) is 36.5 Å². The van der Waals surface area contributed by atoms with E-state index in [-0.39, 0.29) is 24.7 Å². The summed E-state index contributed by atoms with van der Waals surface area (Å²) < 4.78 is 12.8. The Morgan fingerprint density at radius 2 is 1.95 bits per heavy atom. The lowest BCUT2D eigenvalue weighted by atomic mass is 10.1. The van der Waals surface area contributed by atoms with Crippen molar-refractivity contribution in [2.45, 2.75) is 13.0 Å². The average Bonchev–Trinajstić information content (AvgIpc) is 2.48. The van der Waals surface area contributed by atoms with Gasteiger partial charge >= 0.3 is 0 Å². The highest BCUT2D eigenvalue weighted by Gasteiger charge is 2.06. The molecule has 5 nitrogen and oxygen atoms in total. The molecule has 0 aliphatic heterocycles. The van der Waals surface area contributed by atoms with E-state index >= 15 is 0 Å². The van der Waals surface area contributed by atoms with E-state index in [1.165, 1.54) is 12.1 Å². The van der Waals surface area contributed by atoms with Crippen LogP contribution in [0.3, 0.4) is 0 Å². The Labute approximate surface area is 122 Å². The molecule has 0 saturated heterocycles. The van der Waals surface area contributed by atoms with Crippen LogP contribution < -0.4 is 10.2 Å². The zero-order chi connectivity index (χ0) is 15.2. The van der Waals surface area contributed by atoms with Gasteiger partial charge in [-0.3, -0.25) is 4.79 Å². The van der Waals surface area contributed by atoms with Crippen molar-refractivity contribution in [3.63, 3.8) is 0 Å². The normalized spacial score (nSPS) is 10.2. The molecule has 1 N–H and O–H groups in total. The molecule has 21 heavy (non-hydrogen) atoms. The van der Waals surface area contributed by atoms with Crippen molar-refractivity contribution < 1.29 is 9.18 Å². The number of rotatable bonds is 5. The van der Waals surface area contributed by atoms with E-state index in [1.807, 2.05) is 19.0 Å². The van der Waals surface area contributed by atoms with Crippen molar-refractivity contribution in [3.05, 3.63) is 53.7 Å². The molecule has 1 amide bonds. The number of benzene rings is 1. The average molecular weight is 288 g/mol. The summed E-state index contributed by atoms with van der Waals surface area (Å²) in [5.41, 5.74) is 0.761. The summed E-state index contributed by atoms with van der Waals surface area (Å²) in [7, 11) is 3.78. The summed E-state index contributed by atoms with van der Waals surface area (Å²) in [6.07, 6.45) is 1.86. The maximum Gasteiger partial charge on any atom is 0.224 e. The molecule has 6 heteroatoms. The van der Waals surface area contributed by atoms with Gasteiger partial charge in [-0.15, -0.1) is 0 Å². The van der Waals surface area contributed by atoms with Crippen LogP contribution in [0.2, 0.25) is 0 Å². The van der Waals surface area contributed by atoms with Gasteiger partial charge in [-0.2, -0.15) is 0 Å². The van der Waals surface area contributed by atoms with Gasteiger partial charge in [-0.25, -0.2) is 14.4 Å². The fraction of sp³-hybridized carbons (Fsp3) is 0.267. The summed E-state index contributed by atoms with van der Waals surface area (Å²) in [4.78, 5) is 22.1. The molecule has 0 bridgehead atoms. The Kier molecular flexibility index (Phi) is 4.81. The molecule has 1 aromatic carbocycles. The largest absolute Gasteiger partial charge is 0.363 e. The van der Waals surface area contributed by atoms with E-state index < -0.39 is 0 Å². The minimum atomic E-state index is -0.312. The third-order valence-electron chi connectivity index (χ3n) is 2.87. The van der Waals surface area contributed by atoms with Crippen LogP contribution in [-0.2, 0) is 17.8 Å². The fourth-order valence-electron chi connectivity index (χ4n) is 1.75. The van der Waals surface area contributed by atoms with E-state index in [1.54, 1.807) is 24.4 Å². The topological polar surface area (TPSA) is 58.1 Å². The van der Waals surface area contributed by atoms with Crippen LogP contribution in [0, 0.1) is 5.82 Å². The van der Waals surface area contributed by atoms with E-state index in [0.717, 1.165) is 11.4 Å². The number of hydrogen-bond acceptors (Lipinski definition) is 4. The minimum absolute atomic E-state index is 0.152. The van der Waals surface area contributed by atoms with Gasteiger partial charge in [0.15, 0.2) is 0 Å². The first-order chi connectivity index (χ1) is 10.0. The van der Waals surface area contributed by atoms with Crippen molar-refractivity contribution in [2.75, 3.05) is 19.0 Å². The zero-order valence-electron chi connectivity index (χ0n) is 12.0. The molecule has 0 aliphatic carbocycles. The number of amides is 1. The van der Waals surface area contributed by atoms with E-state index in [2.05, 4.69) is 15.3 Å². The van der Waals surface area contributed by atoms with E-state index in [4.69, 9.17) is 0 Å². The molecule has 0 aliphatic rings. The van der Waals surface area contributed by atoms with Crippen molar-refractivity contribution in [1.82, 2.24) is 15.3 Å². The fourth-order valence-corrected chi connectivity index (χ4v) is 1.75.